The quantitative estimate of drug-likeness (QED) is 0.266. The van der Waals surface area contributed by atoms with Gasteiger partial charge >= 0.3 is 5.97 Å². The molecular weight excluding hydrogens is 492 g/mol. The van der Waals surface area contributed by atoms with Gasteiger partial charge in [0, 0.05) is 21.3 Å². The average molecular weight is 511 g/mol. The van der Waals surface area contributed by atoms with Crippen molar-refractivity contribution in [3.05, 3.63) is 124 Å². The number of nitrogens with one attached hydrogen (secondary N) is 2. The number of hydrogen-bond donors (Lipinski definition) is 3. The summed E-state index contributed by atoms with van der Waals surface area (Å²) in [6, 6.07) is 29.0. The summed E-state index contributed by atoms with van der Waals surface area (Å²) >= 11 is 3.27. The van der Waals surface area contributed by atoms with Crippen molar-refractivity contribution in [3.8, 4) is 11.8 Å². The van der Waals surface area contributed by atoms with Crippen LogP contribution < -0.4 is 10.6 Å². The van der Waals surface area contributed by atoms with Crippen LogP contribution in [0.4, 0.5) is 17.1 Å². The highest BCUT2D eigenvalue weighted by Gasteiger charge is 2.17. The minimum atomic E-state index is -1.13. The summed E-state index contributed by atoms with van der Waals surface area (Å²) in [5, 5.41) is 15.5. The number of rotatable bonds is 5. The maximum absolute atomic E-state index is 13.2. The molecule has 4 aromatic rings. The molecule has 0 heterocycles. The number of aromatic carboxylic acids is 1. The van der Waals surface area contributed by atoms with Gasteiger partial charge in [0.05, 0.1) is 22.5 Å². The number of benzene rings is 4. The first kappa shape index (κ1) is 22.8. The topological polar surface area (TPSA) is 78.4 Å². The molecule has 166 valence electrons. The van der Waals surface area contributed by atoms with Crippen LogP contribution in [-0.4, -0.2) is 17.0 Å². The molecule has 5 nitrogen and oxygen atoms in total. The summed E-state index contributed by atoms with van der Waals surface area (Å²) < 4.78 is 0.607. The van der Waals surface area contributed by atoms with E-state index in [2.05, 4.69) is 38.4 Å². The van der Waals surface area contributed by atoms with Crippen LogP contribution in [0.3, 0.4) is 0 Å². The third-order valence-corrected chi connectivity index (χ3v) is 5.40. The first-order valence-electron chi connectivity index (χ1n) is 10.4. The molecule has 0 saturated carbocycles. The Bertz CT molecular complexity index is 1410. The average Bonchev–Trinajstić information content (AvgIpc) is 2.85. The van der Waals surface area contributed by atoms with Gasteiger partial charge in [0.1, 0.15) is 0 Å². The smallest absolute Gasteiger partial charge is 0.337 e. The van der Waals surface area contributed by atoms with E-state index in [0.29, 0.717) is 15.7 Å². The van der Waals surface area contributed by atoms with Crippen molar-refractivity contribution >= 4 is 44.9 Å². The van der Waals surface area contributed by atoms with E-state index in [4.69, 9.17) is 0 Å². The zero-order valence-corrected chi connectivity index (χ0v) is 19.5. The molecule has 0 unspecified atom stereocenters. The highest BCUT2D eigenvalue weighted by atomic mass is 79.9. The van der Waals surface area contributed by atoms with Gasteiger partial charge in [0.2, 0.25) is 0 Å². The number of carboxylic acid groups (broad SMARTS) is 1. The Morgan fingerprint density at radius 2 is 1.38 bits per heavy atom. The third kappa shape index (κ3) is 5.71. The van der Waals surface area contributed by atoms with Gasteiger partial charge in [0.15, 0.2) is 0 Å². The van der Waals surface area contributed by atoms with Crippen molar-refractivity contribution in [3.63, 3.8) is 0 Å². The SMILES string of the molecule is O=C(O)c1cc(Br)ccc1NC(=O)c1ccc(C#Cc2ccccc2)cc1Nc1ccccc1. The molecule has 0 aliphatic carbocycles. The molecule has 0 radical (unpaired) electrons. The second-order valence-electron chi connectivity index (χ2n) is 7.32. The maximum atomic E-state index is 13.2. The van der Waals surface area contributed by atoms with Crippen LogP contribution in [-0.2, 0) is 0 Å². The number of anilines is 3. The van der Waals surface area contributed by atoms with Crippen molar-refractivity contribution < 1.29 is 14.7 Å². The Kier molecular flexibility index (Phi) is 7.07. The molecule has 4 rings (SSSR count). The van der Waals surface area contributed by atoms with Crippen LogP contribution in [0.2, 0.25) is 0 Å². The lowest BCUT2D eigenvalue weighted by molar-refractivity contribution is 0.0698. The lowest BCUT2D eigenvalue weighted by atomic mass is 10.1. The van der Waals surface area contributed by atoms with Gasteiger partial charge in [0.25, 0.3) is 5.91 Å². The first-order chi connectivity index (χ1) is 16.5. The van der Waals surface area contributed by atoms with Gasteiger partial charge < -0.3 is 15.7 Å². The summed E-state index contributed by atoms with van der Waals surface area (Å²) in [5.41, 5.74) is 3.53. The fourth-order valence-corrected chi connectivity index (χ4v) is 3.62. The predicted molar refractivity (Wildman–Crippen MR) is 138 cm³/mol. The van der Waals surface area contributed by atoms with Crippen LogP contribution in [0, 0.1) is 11.8 Å². The van der Waals surface area contributed by atoms with E-state index in [1.165, 1.54) is 6.07 Å². The molecule has 6 heteroatoms. The van der Waals surface area contributed by atoms with Gasteiger partial charge in [-0.3, -0.25) is 4.79 Å². The number of carbonyl (C=O) groups excluding carboxylic acids is 1. The van der Waals surface area contributed by atoms with E-state index < -0.39 is 11.9 Å². The first-order valence-corrected chi connectivity index (χ1v) is 11.2. The fourth-order valence-electron chi connectivity index (χ4n) is 3.26. The Hall–Kier alpha value is -4.34. The van der Waals surface area contributed by atoms with Crippen molar-refractivity contribution in [2.45, 2.75) is 0 Å². The Balaban J connectivity index is 1.69. The molecule has 0 aliphatic heterocycles. The molecule has 0 aromatic heterocycles. The molecule has 4 aromatic carbocycles. The molecule has 0 saturated heterocycles. The number of carboxylic acids is 1. The summed E-state index contributed by atoms with van der Waals surface area (Å²) in [6.07, 6.45) is 0. The normalized spacial score (nSPS) is 10.0. The van der Waals surface area contributed by atoms with Crippen molar-refractivity contribution in [2.24, 2.45) is 0 Å². The zero-order valence-electron chi connectivity index (χ0n) is 17.9. The van der Waals surface area contributed by atoms with E-state index in [0.717, 1.165) is 16.8 Å². The Morgan fingerprint density at radius 1 is 0.706 bits per heavy atom. The summed E-state index contributed by atoms with van der Waals surface area (Å²) in [5.74, 6) is 4.67. The summed E-state index contributed by atoms with van der Waals surface area (Å²) in [4.78, 5) is 24.8. The lowest BCUT2D eigenvalue weighted by Gasteiger charge is -2.14. The van der Waals surface area contributed by atoms with Gasteiger partial charge in [-0.25, -0.2) is 4.79 Å². The minimum absolute atomic E-state index is 0.00867. The van der Waals surface area contributed by atoms with Crippen molar-refractivity contribution in [2.75, 3.05) is 10.6 Å². The number of para-hydroxylation sites is 1. The number of hydrogen-bond acceptors (Lipinski definition) is 3. The molecule has 0 atom stereocenters. The minimum Gasteiger partial charge on any atom is -0.478 e. The largest absolute Gasteiger partial charge is 0.478 e. The van der Waals surface area contributed by atoms with Crippen LogP contribution >= 0.6 is 15.9 Å². The number of halogens is 1. The summed E-state index contributed by atoms with van der Waals surface area (Å²) in [7, 11) is 0. The van der Waals surface area contributed by atoms with Gasteiger partial charge in [-0.1, -0.05) is 64.2 Å². The van der Waals surface area contributed by atoms with E-state index in [1.807, 2.05) is 60.7 Å². The van der Waals surface area contributed by atoms with Crippen LogP contribution in [0.1, 0.15) is 31.8 Å². The molecule has 34 heavy (non-hydrogen) atoms. The summed E-state index contributed by atoms with van der Waals surface area (Å²) in [6.45, 7) is 0. The highest BCUT2D eigenvalue weighted by molar-refractivity contribution is 9.10. The van der Waals surface area contributed by atoms with Crippen LogP contribution in [0.15, 0.2) is 102 Å². The van der Waals surface area contributed by atoms with Gasteiger partial charge in [-0.15, -0.1) is 0 Å². The van der Waals surface area contributed by atoms with Crippen LogP contribution in [0.5, 0.6) is 0 Å². The van der Waals surface area contributed by atoms with Gasteiger partial charge in [-0.2, -0.15) is 0 Å². The van der Waals surface area contributed by atoms with Crippen molar-refractivity contribution in [1.82, 2.24) is 0 Å². The van der Waals surface area contributed by atoms with E-state index in [9.17, 15) is 14.7 Å². The number of carbonyl (C=O) groups is 2. The Labute approximate surface area is 205 Å². The zero-order chi connectivity index (χ0) is 23.9. The molecule has 0 bridgehead atoms. The monoisotopic (exact) mass is 510 g/mol. The predicted octanol–water partition coefficient (Wildman–Crippen LogP) is 6.54. The fraction of sp³-hybridized carbons (Fsp3) is 0. The van der Waals surface area contributed by atoms with E-state index in [1.54, 1.807) is 30.3 Å². The maximum Gasteiger partial charge on any atom is 0.337 e. The lowest BCUT2D eigenvalue weighted by Crippen LogP contribution is -2.16. The Morgan fingerprint density at radius 3 is 2.09 bits per heavy atom. The van der Waals surface area contributed by atoms with Crippen LogP contribution in [0.25, 0.3) is 0 Å². The van der Waals surface area contributed by atoms with Crippen molar-refractivity contribution in [1.29, 1.82) is 0 Å². The number of amides is 1. The van der Waals surface area contributed by atoms with E-state index >= 15 is 0 Å². The van der Waals surface area contributed by atoms with Gasteiger partial charge in [-0.05, 0) is 60.7 Å². The standard InChI is InChI=1S/C28H19BrN2O3/c29-21-14-16-25(24(18-21)28(33)34)31-27(32)23-15-13-20(12-11-19-7-3-1-4-8-19)17-26(23)30-22-9-5-2-6-10-22/h1-10,13-18,30H,(H,31,32)(H,33,34). The molecule has 1 amide bonds. The second kappa shape index (κ2) is 10.5. The second-order valence-corrected chi connectivity index (χ2v) is 8.23. The molecule has 0 fully saturated rings. The molecule has 0 spiro atoms. The highest BCUT2D eigenvalue weighted by Crippen LogP contribution is 2.26. The molecular formula is C28H19BrN2O3. The molecule has 0 aliphatic rings. The van der Waals surface area contributed by atoms with E-state index in [-0.39, 0.29) is 11.3 Å². The molecule has 3 N–H and O–H groups in total. The third-order valence-electron chi connectivity index (χ3n) is 4.90.